The molecule has 1 aliphatic rings. The fraction of sp³-hybridized carbons (Fsp3) is 0.222. The van der Waals surface area contributed by atoms with Gasteiger partial charge in [0.25, 0.3) is 0 Å². The Morgan fingerprint density at radius 3 is 3.04 bits per heavy atom. The second kappa shape index (κ2) is 6.23. The van der Waals surface area contributed by atoms with Crippen molar-refractivity contribution in [2.75, 3.05) is 29.9 Å². The molecule has 4 rings (SSSR count). The van der Waals surface area contributed by atoms with Crippen LogP contribution in [-0.2, 0) is 11.3 Å². The molecule has 1 aromatic carbocycles. The second-order valence-electron chi connectivity index (χ2n) is 5.82. The fourth-order valence-corrected chi connectivity index (χ4v) is 2.86. The van der Waals surface area contributed by atoms with E-state index in [-0.39, 0.29) is 5.91 Å². The molecule has 3 aromatic rings. The summed E-state index contributed by atoms with van der Waals surface area (Å²) < 4.78 is 5.35. The van der Waals surface area contributed by atoms with E-state index >= 15 is 0 Å². The van der Waals surface area contributed by atoms with Gasteiger partial charge in [-0.2, -0.15) is 0 Å². The standard InChI is InChI=1S/C18H18N4O2/c23-18-12-22(7-6-19-18)15-2-4-17(21-11-15)20-10-13-1-3-16-14(9-13)5-8-24-16/h1-5,8-9,11H,6-7,10,12H2,(H,19,23)(H,20,21). The van der Waals surface area contributed by atoms with Gasteiger partial charge in [0.15, 0.2) is 0 Å². The van der Waals surface area contributed by atoms with Gasteiger partial charge in [-0.3, -0.25) is 4.79 Å². The summed E-state index contributed by atoms with van der Waals surface area (Å²) in [6.07, 6.45) is 3.50. The number of anilines is 2. The molecule has 0 bridgehead atoms. The molecule has 0 saturated carbocycles. The molecule has 2 N–H and O–H groups in total. The summed E-state index contributed by atoms with van der Waals surface area (Å²) in [5.74, 6) is 0.866. The number of fused-ring (bicyclic) bond motifs is 1. The van der Waals surface area contributed by atoms with Gasteiger partial charge in [-0.1, -0.05) is 6.07 Å². The first-order chi connectivity index (χ1) is 11.8. The number of nitrogens with zero attached hydrogens (tertiary/aromatic N) is 2. The lowest BCUT2D eigenvalue weighted by Crippen LogP contribution is -2.47. The first-order valence-corrected chi connectivity index (χ1v) is 7.96. The van der Waals surface area contributed by atoms with Crippen LogP contribution in [0.15, 0.2) is 53.3 Å². The summed E-state index contributed by atoms with van der Waals surface area (Å²) in [7, 11) is 0. The fourth-order valence-electron chi connectivity index (χ4n) is 2.86. The minimum Gasteiger partial charge on any atom is -0.464 e. The molecular weight excluding hydrogens is 304 g/mol. The van der Waals surface area contributed by atoms with Crippen LogP contribution in [0.2, 0.25) is 0 Å². The molecular formula is C18H18N4O2. The zero-order valence-corrected chi connectivity index (χ0v) is 13.2. The molecule has 0 unspecified atom stereocenters. The average Bonchev–Trinajstić information content (AvgIpc) is 3.08. The molecule has 2 aromatic heterocycles. The maximum Gasteiger partial charge on any atom is 0.239 e. The first kappa shape index (κ1) is 14.6. The topological polar surface area (TPSA) is 70.4 Å². The average molecular weight is 322 g/mol. The third kappa shape index (κ3) is 3.03. The number of amides is 1. The van der Waals surface area contributed by atoms with Crippen LogP contribution in [0.25, 0.3) is 11.0 Å². The number of benzene rings is 1. The Morgan fingerprint density at radius 2 is 2.21 bits per heavy atom. The summed E-state index contributed by atoms with van der Waals surface area (Å²) in [4.78, 5) is 17.9. The first-order valence-electron chi connectivity index (χ1n) is 7.96. The van der Waals surface area contributed by atoms with Crippen molar-refractivity contribution in [3.63, 3.8) is 0 Å². The van der Waals surface area contributed by atoms with Gasteiger partial charge >= 0.3 is 0 Å². The summed E-state index contributed by atoms with van der Waals surface area (Å²) in [5.41, 5.74) is 3.03. The highest BCUT2D eigenvalue weighted by Crippen LogP contribution is 2.19. The lowest BCUT2D eigenvalue weighted by atomic mass is 10.1. The monoisotopic (exact) mass is 322 g/mol. The number of hydrogen-bond acceptors (Lipinski definition) is 5. The maximum absolute atomic E-state index is 11.5. The molecule has 1 amide bonds. The second-order valence-corrected chi connectivity index (χ2v) is 5.82. The van der Waals surface area contributed by atoms with Crippen molar-refractivity contribution in [2.45, 2.75) is 6.54 Å². The van der Waals surface area contributed by atoms with Gasteiger partial charge < -0.3 is 20.0 Å². The van der Waals surface area contributed by atoms with E-state index in [4.69, 9.17) is 4.42 Å². The van der Waals surface area contributed by atoms with Crippen molar-refractivity contribution >= 4 is 28.4 Å². The Balaban J connectivity index is 1.40. The van der Waals surface area contributed by atoms with Crippen molar-refractivity contribution in [2.24, 2.45) is 0 Å². The van der Waals surface area contributed by atoms with Crippen molar-refractivity contribution < 1.29 is 9.21 Å². The molecule has 0 atom stereocenters. The lowest BCUT2D eigenvalue weighted by molar-refractivity contribution is -0.120. The van der Waals surface area contributed by atoms with Gasteiger partial charge in [-0.05, 0) is 35.9 Å². The maximum atomic E-state index is 11.5. The van der Waals surface area contributed by atoms with Crippen LogP contribution in [0.3, 0.4) is 0 Å². The minimum atomic E-state index is 0.0538. The summed E-state index contributed by atoms with van der Waals surface area (Å²) in [6.45, 7) is 2.57. The van der Waals surface area contributed by atoms with Gasteiger partial charge in [-0.15, -0.1) is 0 Å². The molecule has 6 nitrogen and oxygen atoms in total. The third-order valence-corrected chi connectivity index (χ3v) is 4.14. The predicted octanol–water partition coefficient (Wildman–Crippen LogP) is 2.38. The van der Waals surface area contributed by atoms with Crippen LogP contribution in [0.1, 0.15) is 5.56 Å². The Hall–Kier alpha value is -3.02. The van der Waals surface area contributed by atoms with Crippen LogP contribution < -0.4 is 15.5 Å². The third-order valence-electron chi connectivity index (χ3n) is 4.14. The van der Waals surface area contributed by atoms with E-state index in [0.717, 1.165) is 29.0 Å². The number of carbonyl (C=O) groups excluding carboxylic acids is 1. The molecule has 122 valence electrons. The molecule has 1 aliphatic heterocycles. The zero-order valence-electron chi connectivity index (χ0n) is 13.2. The Labute approximate surface area is 139 Å². The zero-order chi connectivity index (χ0) is 16.4. The van der Waals surface area contributed by atoms with E-state index in [2.05, 4.69) is 21.7 Å². The SMILES string of the molecule is O=C1CN(c2ccc(NCc3ccc4occc4c3)nc2)CCN1. The van der Waals surface area contributed by atoms with Crippen LogP contribution in [0, 0.1) is 0 Å². The smallest absolute Gasteiger partial charge is 0.239 e. The largest absolute Gasteiger partial charge is 0.464 e. The van der Waals surface area contributed by atoms with E-state index < -0.39 is 0 Å². The minimum absolute atomic E-state index is 0.0538. The van der Waals surface area contributed by atoms with E-state index in [1.165, 1.54) is 5.56 Å². The van der Waals surface area contributed by atoms with Crippen molar-refractivity contribution in [3.8, 4) is 0 Å². The number of aromatic nitrogens is 1. The quantitative estimate of drug-likeness (QED) is 0.772. The van der Waals surface area contributed by atoms with Gasteiger partial charge in [-0.25, -0.2) is 4.98 Å². The van der Waals surface area contributed by atoms with Crippen LogP contribution >= 0.6 is 0 Å². The molecule has 6 heteroatoms. The predicted molar refractivity (Wildman–Crippen MR) is 93.0 cm³/mol. The summed E-state index contributed by atoms with van der Waals surface area (Å²) >= 11 is 0. The lowest BCUT2D eigenvalue weighted by Gasteiger charge is -2.28. The molecule has 0 aliphatic carbocycles. The summed E-state index contributed by atoms with van der Waals surface area (Å²) in [6, 6.07) is 12.0. The molecule has 1 saturated heterocycles. The number of hydrogen-bond donors (Lipinski definition) is 2. The molecule has 0 spiro atoms. The van der Waals surface area contributed by atoms with Gasteiger partial charge in [0.2, 0.25) is 5.91 Å². The highest BCUT2D eigenvalue weighted by atomic mass is 16.3. The Morgan fingerprint density at radius 1 is 1.25 bits per heavy atom. The number of pyridine rings is 1. The normalized spacial score (nSPS) is 14.7. The Kier molecular flexibility index (Phi) is 3.78. The number of nitrogens with one attached hydrogen (secondary N) is 2. The molecule has 24 heavy (non-hydrogen) atoms. The van der Waals surface area contributed by atoms with E-state index in [1.807, 2.05) is 35.2 Å². The van der Waals surface area contributed by atoms with Gasteiger partial charge in [0.05, 0.1) is 24.7 Å². The van der Waals surface area contributed by atoms with Crippen LogP contribution in [0.5, 0.6) is 0 Å². The number of rotatable bonds is 4. The van der Waals surface area contributed by atoms with Crippen molar-refractivity contribution in [3.05, 3.63) is 54.4 Å². The Bertz CT molecular complexity index is 857. The number of furan rings is 1. The highest BCUT2D eigenvalue weighted by molar-refractivity contribution is 5.82. The van der Waals surface area contributed by atoms with Gasteiger partial charge in [0, 0.05) is 25.0 Å². The van der Waals surface area contributed by atoms with Crippen molar-refractivity contribution in [1.82, 2.24) is 10.3 Å². The van der Waals surface area contributed by atoms with E-state index in [1.54, 1.807) is 12.5 Å². The highest BCUT2D eigenvalue weighted by Gasteiger charge is 2.16. The number of carbonyl (C=O) groups is 1. The number of piperazine rings is 1. The van der Waals surface area contributed by atoms with E-state index in [0.29, 0.717) is 19.6 Å². The van der Waals surface area contributed by atoms with Gasteiger partial charge in [0.1, 0.15) is 11.4 Å². The van der Waals surface area contributed by atoms with Crippen LogP contribution in [-0.4, -0.2) is 30.5 Å². The molecule has 0 radical (unpaired) electrons. The summed E-state index contributed by atoms with van der Waals surface area (Å²) in [5, 5.41) is 7.24. The van der Waals surface area contributed by atoms with Crippen LogP contribution in [0.4, 0.5) is 11.5 Å². The van der Waals surface area contributed by atoms with E-state index in [9.17, 15) is 4.79 Å². The molecule has 1 fully saturated rings. The van der Waals surface area contributed by atoms with Crippen molar-refractivity contribution in [1.29, 1.82) is 0 Å². The molecule has 3 heterocycles.